The van der Waals surface area contributed by atoms with Gasteiger partial charge in [-0.1, -0.05) is 13.3 Å². The van der Waals surface area contributed by atoms with Crippen molar-refractivity contribution >= 4 is 15.8 Å². The van der Waals surface area contributed by atoms with E-state index in [1.165, 1.54) is 0 Å². The summed E-state index contributed by atoms with van der Waals surface area (Å²) in [6.07, 6.45) is 3.33. The average Bonchev–Trinajstić information content (AvgIpc) is 2.25. The van der Waals surface area contributed by atoms with Crippen molar-refractivity contribution in [3.63, 3.8) is 0 Å². The van der Waals surface area contributed by atoms with E-state index in [0.717, 1.165) is 19.3 Å². The Labute approximate surface area is 103 Å². The van der Waals surface area contributed by atoms with Crippen LogP contribution < -0.4 is 5.32 Å². The first-order chi connectivity index (χ1) is 8.03. The van der Waals surface area contributed by atoms with Gasteiger partial charge in [-0.3, -0.25) is 4.79 Å². The molecular formula is C11H21NO4S. The fraction of sp³-hybridized carbons (Fsp3) is 0.909. The van der Waals surface area contributed by atoms with Gasteiger partial charge in [-0.15, -0.1) is 0 Å². The highest BCUT2D eigenvalue weighted by molar-refractivity contribution is 7.91. The molecule has 6 heteroatoms. The summed E-state index contributed by atoms with van der Waals surface area (Å²) in [5, 5.41) is 2.95. The third kappa shape index (κ3) is 6.02. The van der Waals surface area contributed by atoms with Gasteiger partial charge in [0.05, 0.1) is 24.7 Å². The summed E-state index contributed by atoms with van der Waals surface area (Å²) < 4.78 is 27.7. The summed E-state index contributed by atoms with van der Waals surface area (Å²) in [7, 11) is -2.92. The summed E-state index contributed by atoms with van der Waals surface area (Å²) >= 11 is 0. The second-order valence-corrected chi connectivity index (χ2v) is 6.64. The number of hydrogen-bond donors (Lipinski definition) is 1. The maximum Gasteiger partial charge on any atom is 0.319 e. The van der Waals surface area contributed by atoms with Crippen LogP contribution in [0.3, 0.4) is 0 Å². The normalized spacial score (nSPS) is 23.2. The zero-order valence-electron chi connectivity index (χ0n) is 10.3. The number of unbranched alkanes of at least 4 members (excludes halogenated alkanes) is 1. The molecule has 100 valence electrons. The monoisotopic (exact) mass is 263 g/mol. The van der Waals surface area contributed by atoms with Crippen LogP contribution in [-0.4, -0.2) is 45.1 Å². The molecule has 0 aromatic rings. The molecule has 1 heterocycles. The molecular weight excluding hydrogens is 242 g/mol. The van der Waals surface area contributed by atoms with E-state index in [0.29, 0.717) is 13.0 Å². The summed E-state index contributed by atoms with van der Waals surface area (Å²) in [4.78, 5) is 11.3. The number of rotatable bonds is 6. The molecule has 0 aliphatic carbocycles. The van der Waals surface area contributed by atoms with Gasteiger partial charge in [0, 0.05) is 6.04 Å². The molecule has 0 amide bonds. The van der Waals surface area contributed by atoms with Gasteiger partial charge < -0.3 is 10.1 Å². The summed E-state index contributed by atoms with van der Waals surface area (Å²) in [6.45, 7) is 2.57. The highest BCUT2D eigenvalue weighted by Crippen LogP contribution is 2.11. The van der Waals surface area contributed by atoms with Crippen LogP contribution in [0.25, 0.3) is 0 Å². The van der Waals surface area contributed by atoms with Gasteiger partial charge in [-0.05, 0) is 19.3 Å². The molecule has 1 aliphatic rings. The first-order valence-corrected chi connectivity index (χ1v) is 7.95. The van der Waals surface area contributed by atoms with Crippen molar-refractivity contribution < 1.29 is 17.9 Å². The molecule has 1 unspecified atom stereocenters. The molecule has 0 aromatic heterocycles. The number of hydrogen-bond acceptors (Lipinski definition) is 5. The van der Waals surface area contributed by atoms with Crippen molar-refractivity contribution in [2.24, 2.45) is 0 Å². The van der Waals surface area contributed by atoms with Crippen LogP contribution in [-0.2, 0) is 19.4 Å². The third-order valence-electron chi connectivity index (χ3n) is 2.76. The predicted molar refractivity (Wildman–Crippen MR) is 65.5 cm³/mol. The first kappa shape index (κ1) is 14.4. The lowest BCUT2D eigenvalue weighted by Gasteiger charge is -2.22. The van der Waals surface area contributed by atoms with E-state index in [2.05, 4.69) is 5.32 Å². The van der Waals surface area contributed by atoms with E-state index in [4.69, 9.17) is 4.74 Å². The number of sulfone groups is 1. The van der Waals surface area contributed by atoms with Gasteiger partial charge in [0.1, 0.15) is 0 Å². The molecule has 0 saturated carbocycles. The SMILES string of the molecule is CCCCOC(=O)CNC1CCCS(=O)(=O)C1. The molecule has 1 saturated heterocycles. The number of nitrogens with one attached hydrogen (secondary N) is 1. The molecule has 5 nitrogen and oxygen atoms in total. The molecule has 0 bridgehead atoms. The highest BCUT2D eigenvalue weighted by atomic mass is 32.2. The highest BCUT2D eigenvalue weighted by Gasteiger charge is 2.24. The van der Waals surface area contributed by atoms with Crippen molar-refractivity contribution in [1.82, 2.24) is 5.32 Å². The molecule has 0 radical (unpaired) electrons. The Bertz CT molecular complexity index is 339. The molecule has 1 atom stereocenters. The Morgan fingerprint density at radius 3 is 2.88 bits per heavy atom. The van der Waals surface area contributed by atoms with Crippen LogP contribution >= 0.6 is 0 Å². The molecule has 1 rings (SSSR count). The Morgan fingerprint density at radius 1 is 1.47 bits per heavy atom. The minimum atomic E-state index is -2.92. The van der Waals surface area contributed by atoms with Gasteiger partial charge in [0.15, 0.2) is 9.84 Å². The smallest absolute Gasteiger partial charge is 0.319 e. The topological polar surface area (TPSA) is 72.5 Å². The van der Waals surface area contributed by atoms with Crippen molar-refractivity contribution in [3.8, 4) is 0 Å². The van der Waals surface area contributed by atoms with Crippen LogP contribution in [0.15, 0.2) is 0 Å². The average molecular weight is 263 g/mol. The van der Waals surface area contributed by atoms with E-state index in [-0.39, 0.29) is 30.1 Å². The standard InChI is InChI=1S/C11H21NO4S/c1-2-3-6-16-11(13)8-12-10-5-4-7-17(14,15)9-10/h10,12H,2-9H2,1H3. The van der Waals surface area contributed by atoms with E-state index in [1.54, 1.807) is 0 Å². The molecule has 1 aliphatic heterocycles. The Balaban J connectivity index is 2.19. The number of carbonyl (C=O) groups is 1. The molecule has 1 fully saturated rings. The van der Waals surface area contributed by atoms with Crippen LogP contribution in [0.1, 0.15) is 32.6 Å². The van der Waals surface area contributed by atoms with Crippen molar-refractivity contribution in [1.29, 1.82) is 0 Å². The zero-order valence-corrected chi connectivity index (χ0v) is 11.1. The second-order valence-electron chi connectivity index (χ2n) is 4.41. The van der Waals surface area contributed by atoms with Crippen LogP contribution in [0, 0.1) is 0 Å². The third-order valence-corrected chi connectivity index (χ3v) is 4.58. The van der Waals surface area contributed by atoms with Crippen molar-refractivity contribution in [2.75, 3.05) is 24.7 Å². The van der Waals surface area contributed by atoms with E-state index < -0.39 is 9.84 Å². The minimum absolute atomic E-state index is 0.101. The number of carbonyl (C=O) groups excluding carboxylic acids is 1. The molecule has 0 spiro atoms. The quantitative estimate of drug-likeness (QED) is 0.558. The maximum absolute atomic E-state index is 11.4. The van der Waals surface area contributed by atoms with Crippen LogP contribution in [0.2, 0.25) is 0 Å². The fourth-order valence-electron chi connectivity index (χ4n) is 1.79. The van der Waals surface area contributed by atoms with E-state index in [9.17, 15) is 13.2 Å². The number of ether oxygens (including phenoxy) is 1. The lowest BCUT2D eigenvalue weighted by molar-refractivity contribution is -0.142. The summed E-state index contributed by atoms with van der Waals surface area (Å²) in [6, 6.07) is -0.104. The Hall–Kier alpha value is -0.620. The maximum atomic E-state index is 11.4. The summed E-state index contributed by atoms with van der Waals surface area (Å²) in [5.74, 6) is 0.0999. The van der Waals surface area contributed by atoms with Crippen LogP contribution in [0.4, 0.5) is 0 Å². The van der Waals surface area contributed by atoms with E-state index >= 15 is 0 Å². The summed E-state index contributed by atoms with van der Waals surface area (Å²) in [5.41, 5.74) is 0. The molecule has 0 aromatic carbocycles. The largest absolute Gasteiger partial charge is 0.465 e. The first-order valence-electron chi connectivity index (χ1n) is 6.13. The second kappa shape index (κ2) is 6.96. The van der Waals surface area contributed by atoms with E-state index in [1.807, 2.05) is 6.92 Å². The fourth-order valence-corrected chi connectivity index (χ4v) is 3.46. The van der Waals surface area contributed by atoms with Crippen LogP contribution in [0.5, 0.6) is 0 Å². The molecule has 1 N–H and O–H groups in total. The van der Waals surface area contributed by atoms with Gasteiger partial charge in [0.2, 0.25) is 0 Å². The van der Waals surface area contributed by atoms with Gasteiger partial charge in [-0.25, -0.2) is 8.42 Å². The van der Waals surface area contributed by atoms with Gasteiger partial charge >= 0.3 is 5.97 Å². The lowest BCUT2D eigenvalue weighted by atomic mass is 10.2. The van der Waals surface area contributed by atoms with Gasteiger partial charge in [0.25, 0.3) is 0 Å². The van der Waals surface area contributed by atoms with Gasteiger partial charge in [-0.2, -0.15) is 0 Å². The predicted octanol–water partition coefficient (Wildman–Crippen LogP) is 0.496. The zero-order chi connectivity index (χ0) is 12.7. The number of esters is 1. The lowest BCUT2D eigenvalue weighted by Crippen LogP contribution is -2.42. The minimum Gasteiger partial charge on any atom is -0.465 e. The Kier molecular flexibility index (Phi) is 5.91. The van der Waals surface area contributed by atoms with Crippen molar-refractivity contribution in [2.45, 2.75) is 38.6 Å². The molecule has 17 heavy (non-hydrogen) atoms. The van der Waals surface area contributed by atoms with Crippen molar-refractivity contribution in [3.05, 3.63) is 0 Å². The Morgan fingerprint density at radius 2 is 2.24 bits per heavy atom.